The van der Waals surface area contributed by atoms with Gasteiger partial charge in [0.1, 0.15) is 9.90 Å². The Balaban J connectivity index is 1.55. The third-order valence-corrected chi connectivity index (χ3v) is 8.65. The van der Waals surface area contributed by atoms with Crippen LogP contribution in [0, 0.1) is 0 Å². The Hall–Kier alpha value is -1.00. The summed E-state index contributed by atoms with van der Waals surface area (Å²) in [5.41, 5.74) is 0.790. The Morgan fingerprint density at radius 3 is 2.60 bits per heavy atom. The highest BCUT2D eigenvalue weighted by molar-refractivity contribution is 7.91. The maximum atomic E-state index is 13.0. The molecule has 10 heteroatoms. The van der Waals surface area contributed by atoms with Crippen molar-refractivity contribution in [1.29, 1.82) is 0 Å². The molecule has 0 N–H and O–H groups in total. The summed E-state index contributed by atoms with van der Waals surface area (Å²) < 4.78 is 35.5. The van der Waals surface area contributed by atoms with E-state index in [2.05, 4.69) is 10.3 Å². The lowest BCUT2D eigenvalue weighted by Crippen LogP contribution is -2.46. The minimum Gasteiger partial charge on any atom is -0.378 e. The Bertz CT molecular complexity index is 852. The first-order chi connectivity index (χ1) is 12.0. The van der Waals surface area contributed by atoms with E-state index in [-0.39, 0.29) is 18.1 Å². The standard InChI is InChI=1S/C15H19ClN4O3S2/c1-23-9-10-8-19(18-17-10)13-6-11-2-3-12(7-13)20(11)25(21,22)15-5-4-14(16)24-15/h4-5,8,11-13H,2-3,6-7,9H2,1H3. The Labute approximate surface area is 155 Å². The van der Waals surface area contributed by atoms with Crippen LogP contribution in [-0.2, 0) is 21.4 Å². The number of piperidine rings is 1. The van der Waals surface area contributed by atoms with E-state index in [4.69, 9.17) is 16.3 Å². The van der Waals surface area contributed by atoms with Gasteiger partial charge in [0.2, 0.25) is 0 Å². The van der Waals surface area contributed by atoms with Crippen molar-refractivity contribution < 1.29 is 13.2 Å². The zero-order valence-corrected chi connectivity index (χ0v) is 16.1. The first kappa shape index (κ1) is 17.4. The molecule has 0 saturated carbocycles. The zero-order valence-electron chi connectivity index (χ0n) is 13.7. The summed E-state index contributed by atoms with van der Waals surface area (Å²) in [7, 11) is -1.86. The number of hydrogen-bond donors (Lipinski definition) is 0. The van der Waals surface area contributed by atoms with Crippen molar-refractivity contribution in [2.24, 2.45) is 0 Å². The fraction of sp³-hybridized carbons (Fsp3) is 0.600. The molecule has 0 aromatic carbocycles. The smallest absolute Gasteiger partial charge is 0.253 e. The van der Waals surface area contributed by atoms with E-state index in [0.29, 0.717) is 15.2 Å². The molecule has 4 heterocycles. The van der Waals surface area contributed by atoms with Gasteiger partial charge in [0.15, 0.2) is 0 Å². The number of aromatic nitrogens is 3. The summed E-state index contributed by atoms with van der Waals surface area (Å²) >= 11 is 7.05. The zero-order chi connectivity index (χ0) is 17.6. The Kier molecular flexibility index (Phi) is 4.61. The fourth-order valence-electron chi connectivity index (χ4n) is 3.96. The van der Waals surface area contributed by atoms with E-state index >= 15 is 0 Å². The van der Waals surface area contributed by atoms with Gasteiger partial charge < -0.3 is 4.74 Å². The van der Waals surface area contributed by atoms with Gasteiger partial charge in [-0.25, -0.2) is 13.1 Å². The van der Waals surface area contributed by atoms with Gasteiger partial charge in [-0.15, -0.1) is 16.4 Å². The highest BCUT2D eigenvalue weighted by Crippen LogP contribution is 2.44. The topological polar surface area (TPSA) is 77.3 Å². The molecule has 0 aliphatic carbocycles. The number of hydrogen-bond acceptors (Lipinski definition) is 6. The normalized spacial score (nSPS) is 27.0. The summed E-state index contributed by atoms with van der Waals surface area (Å²) in [4.78, 5) is 0. The maximum absolute atomic E-state index is 13.0. The van der Waals surface area contributed by atoms with Crippen LogP contribution in [0.3, 0.4) is 0 Å². The fourth-order valence-corrected chi connectivity index (χ4v) is 7.44. The number of methoxy groups -OCH3 is 1. The highest BCUT2D eigenvalue weighted by Gasteiger charge is 2.48. The number of sulfonamides is 1. The second-order valence-corrected chi connectivity index (χ2v) is 10.3. The molecule has 2 bridgehead atoms. The lowest BCUT2D eigenvalue weighted by atomic mass is 10.00. The molecule has 2 aromatic heterocycles. The van der Waals surface area contributed by atoms with Gasteiger partial charge in [-0.3, -0.25) is 0 Å². The van der Waals surface area contributed by atoms with Crippen LogP contribution in [0.15, 0.2) is 22.5 Å². The molecule has 2 fully saturated rings. The van der Waals surface area contributed by atoms with E-state index < -0.39 is 10.0 Å². The number of nitrogens with zero attached hydrogens (tertiary/aromatic N) is 4. The summed E-state index contributed by atoms with van der Waals surface area (Å²) in [6, 6.07) is 3.42. The average Bonchev–Trinajstić information content (AvgIpc) is 3.27. The number of rotatable bonds is 5. The van der Waals surface area contributed by atoms with E-state index in [1.165, 1.54) is 0 Å². The third-order valence-electron chi connectivity index (χ3n) is 4.95. The minimum absolute atomic E-state index is 0.00435. The first-order valence-electron chi connectivity index (χ1n) is 8.17. The minimum atomic E-state index is -3.48. The molecule has 7 nitrogen and oxygen atoms in total. The third kappa shape index (κ3) is 3.12. The van der Waals surface area contributed by atoms with Gasteiger partial charge in [-0.05, 0) is 37.8 Å². The first-order valence-corrected chi connectivity index (χ1v) is 10.8. The quantitative estimate of drug-likeness (QED) is 0.768. The SMILES string of the molecule is COCc1cn(C2CC3CCC(C2)N3S(=O)(=O)c2ccc(Cl)s2)nn1. The summed E-state index contributed by atoms with van der Waals surface area (Å²) in [5, 5.41) is 8.32. The van der Waals surface area contributed by atoms with Crippen molar-refractivity contribution in [2.45, 2.75) is 54.6 Å². The van der Waals surface area contributed by atoms with E-state index in [1.807, 2.05) is 10.9 Å². The molecule has 0 spiro atoms. The van der Waals surface area contributed by atoms with E-state index in [1.54, 1.807) is 23.5 Å². The molecule has 136 valence electrons. The molecule has 2 unspecified atom stereocenters. The van der Waals surface area contributed by atoms with Crippen LogP contribution in [0.25, 0.3) is 0 Å². The number of thiophene rings is 1. The van der Waals surface area contributed by atoms with Gasteiger partial charge in [0.25, 0.3) is 10.0 Å². The summed E-state index contributed by atoms with van der Waals surface area (Å²) in [6.45, 7) is 0.430. The van der Waals surface area contributed by atoms with Crippen molar-refractivity contribution in [3.63, 3.8) is 0 Å². The molecule has 25 heavy (non-hydrogen) atoms. The average molecular weight is 403 g/mol. The van der Waals surface area contributed by atoms with Crippen LogP contribution < -0.4 is 0 Å². The molecule has 4 rings (SSSR count). The van der Waals surface area contributed by atoms with Crippen LogP contribution in [0.5, 0.6) is 0 Å². The van der Waals surface area contributed by atoms with Crippen LogP contribution >= 0.6 is 22.9 Å². The molecule has 2 saturated heterocycles. The van der Waals surface area contributed by atoms with Gasteiger partial charge in [-0.1, -0.05) is 16.8 Å². The highest BCUT2D eigenvalue weighted by atomic mass is 35.5. The van der Waals surface area contributed by atoms with Crippen molar-refractivity contribution in [3.05, 3.63) is 28.4 Å². The Morgan fingerprint density at radius 1 is 1.28 bits per heavy atom. The van der Waals surface area contributed by atoms with E-state index in [9.17, 15) is 8.42 Å². The molecule has 2 aliphatic heterocycles. The molecule has 0 radical (unpaired) electrons. The van der Waals surface area contributed by atoms with Crippen LogP contribution in [0.4, 0.5) is 0 Å². The van der Waals surface area contributed by atoms with Crippen molar-refractivity contribution in [1.82, 2.24) is 19.3 Å². The maximum Gasteiger partial charge on any atom is 0.253 e. The Morgan fingerprint density at radius 2 is 2.00 bits per heavy atom. The molecular weight excluding hydrogens is 384 g/mol. The van der Waals surface area contributed by atoms with Gasteiger partial charge >= 0.3 is 0 Å². The lowest BCUT2D eigenvalue weighted by molar-refractivity contribution is 0.180. The molecule has 2 aliphatic rings. The number of halogens is 1. The van der Waals surface area contributed by atoms with Gasteiger partial charge in [0.05, 0.1) is 23.2 Å². The second-order valence-electron chi connectivity index (χ2n) is 6.53. The predicted molar refractivity (Wildman–Crippen MR) is 94.2 cm³/mol. The monoisotopic (exact) mass is 402 g/mol. The molecular formula is C15H19ClN4O3S2. The number of ether oxygens (including phenoxy) is 1. The van der Waals surface area contributed by atoms with Crippen LogP contribution in [-0.4, -0.2) is 46.9 Å². The summed E-state index contributed by atoms with van der Waals surface area (Å²) in [5.74, 6) is 0. The predicted octanol–water partition coefficient (Wildman–Crippen LogP) is 2.70. The van der Waals surface area contributed by atoms with Crippen molar-refractivity contribution in [2.75, 3.05) is 7.11 Å². The largest absolute Gasteiger partial charge is 0.378 e. The molecule has 0 amide bonds. The second kappa shape index (κ2) is 6.62. The van der Waals surface area contributed by atoms with Crippen LogP contribution in [0.2, 0.25) is 4.34 Å². The molecule has 2 aromatic rings. The van der Waals surface area contributed by atoms with Crippen molar-refractivity contribution in [3.8, 4) is 0 Å². The van der Waals surface area contributed by atoms with E-state index in [0.717, 1.165) is 42.7 Å². The lowest BCUT2D eigenvalue weighted by Gasteiger charge is -2.37. The van der Waals surface area contributed by atoms with Crippen molar-refractivity contribution >= 4 is 33.0 Å². The summed E-state index contributed by atoms with van der Waals surface area (Å²) in [6.07, 6.45) is 5.18. The van der Waals surface area contributed by atoms with Gasteiger partial charge in [-0.2, -0.15) is 4.31 Å². The molecule has 2 atom stereocenters. The number of fused-ring (bicyclic) bond motifs is 2. The van der Waals surface area contributed by atoms with Crippen LogP contribution in [0.1, 0.15) is 37.4 Å². The van der Waals surface area contributed by atoms with Gasteiger partial charge in [0, 0.05) is 19.2 Å².